The number of halogens is 3. The highest BCUT2D eigenvalue weighted by Gasteiger charge is 2.37. The number of hydrogen-bond donors (Lipinski definition) is 2. The van der Waals surface area contributed by atoms with E-state index >= 15 is 0 Å². The summed E-state index contributed by atoms with van der Waals surface area (Å²) >= 11 is 1.08. The van der Waals surface area contributed by atoms with Crippen LogP contribution in [0.25, 0.3) is 0 Å². The smallest absolute Gasteiger partial charge is 0.391 e. The lowest BCUT2D eigenvalue weighted by molar-refractivity contribution is -0.385. The number of carboxylic acids is 1. The van der Waals surface area contributed by atoms with Gasteiger partial charge in [0.05, 0.1) is 29.4 Å². The van der Waals surface area contributed by atoms with Crippen LogP contribution in [0.4, 0.5) is 18.9 Å². The van der Waals surface area contributed by atoms with E-state index in [2.05, 4.69) is 0 Å². The van der Waals surface area contributed by atoms with Crippen LogP contribution in [-0.4, -0.2) is 47.5 Å². The molecule has 1 amide bonds. The molecule has 0 bridgehead atoms. The number of nitrogens with zero attached hydrogens (tertiary/aromatic N) is 1. The first-order valence-corrected chi connectivity index (χ1v) is 7.73. The number of hydrogen-bond acceptors (Lipinski definition) is 6. The fraction of sp³-hybridized carbons (Fsp3) is 0.385. The molecule has 0 radical (unpaired) electrons. The van der Waals surface area contributed by atoms with Crippen LogP contribution in [0.15, 0.2) is 17.0 Å². The maximum Gasteiger partial charge on any atom is 0.391 e. The predicted molar refractivity (Wildman–Crippen MR) is 81.0 cm³/mol. The molecule has 0 fully saturated rings. The topological polar surface area (TPSA) is 119 Å². The van der Waals surface area contributed by atoms with Crippen molar-refractivity contribution in [1.82, 2.24) is 5.32 Å². The summed E-state index contributed by atoms with van der Waals surface area (Å²) in [5, 5.41) is 21.6. The van der Waals surface area contributed by atoms with Gasteiger partial charge in [-0.15, -0.1) is 11.8 Å². The molecule has 0 heterocycles. The summed E-state index contributed by atoms with van der Waals surface area (Å²) in [4.78, 5) is 33.6. The van der Waals surface area contributed by atoms with Crippen molar-refractivity contribution in [2.75, 3.05) is 13.4 Å². The summed E-state index contributed by atoms with van der Waals surface area (Å²) in [5.74, 6) is -3.12. The van der Waals surface area contributed by atoms with Crippen molar-refractivity contribution in [1.29, 1.82) is 0 Å². The van der Waals surface area contributed by atoms with Gasteiger partial charge in [-0.25, -0.2) is 4.79 Å². The number of rotatable bonds is 7. The number of nitro groups is 1. The Morgan fingerprint density at radius 3 is 2.44 bits per heavy atom. The highest BCUT2D eigenvalue weighted by molar-refractivity contribution is 7.98. The minimum absolute atomic E-state index is 0.0980. The Morgan fingerprint density at radius 2 is 2.04 bits per heavy atom. The van der Waals surface area contributed by atoms with E-state index in [1.165, 1.54) is 7.11 Å². The number of alkyl halides is 3. The molecule has 0 spiro atoms. The molecule has 1 atom stereocenters. The van der Waals surface area contributed by atoms with Crippen LogP contribution in [0, 0.1) is 10.1 Å². The molecule has 0 aliphatic heterocycles. The second-order valence-electron chi connectivity index (χ2n) is 4.67. The summed E-state index contributed by atoms with van der Waals surface area (Å²) < 4.78 is 42.2. The monoisotopic (exact) mass is 382 g/mol. The lowest BCUT2D eigenvalue weighted by atomic mass is 10.1. The number of aliphatic carboxylic acids is 1. The molecule has 1 aromatic carbocycles. The van der Waals surface area contributed by atoms with E-state index in [0.29, 0.717) is 4.90 Å². The second kappa shape index (κ2) is 8.05. The molecule has 0 aromatic heterocycles. The maximum atomic E-state index is 12.4. The number of methoxy groups -OCH3 is 1. The largest absolute Gasteiger partial charge is 0.495 e. The van der Waals surface area contributed by atoms with Crippen molar-refractivity contribution in [2.24, 2.45) is 0 Å². The number of benzene rings is 1. The molecule has 8 nitrogen and oxygen atoms in total. The zero-order valence-corrected chi connectivity index (χ0v) is 13.7. The fourth-order valence-corrected chi connectivity index (χ4v) is 2.45. The van der Waals surface area contributed by atoms with Crippen LogP contribution >= 0.6 is 11.8 Å². The van der Waals surface area contributed by atoms with Crippen LogP contribution < -0.4 is 10.1 Å². The fourth-order valence-electron chi connectivity index (χ4n) is 1.87. The third-order valence-electron chi connectivity index (χ3n) is 2.98. The van der Waals surface area contributed by atoms with Crippen LogP contribution in [0.5, 0.6) is 5.75 Å². The molecule has 12 heteroatoms. The SMILES string of the molecule is COc1cc([N+](=O)[O-])c(C(=O)NC(CC(F)(F)F)C(=O)O)cc1SC. The van der Waals surface area contributed by atoms with Crippen molar-refractivity contribution in [3.05, 3.63) is 27.8 Å². The molecule has 25 heavy (non-hydrogen) atoms. The van der Waals surface area contributed by atoms with Crippen LogP contribution in [-0.2, 0) is 4.79 Å². The normalized spacial score (nSPS) is 12.4. The highest BCUT2D eigenvalue weighted by Crippen LogP contribution is 2.34. The Labute approximate surface area is 143 Å². The van der Waals surface area contributed by atoms with Gasteiger partial charge in [0.25, 0.3) is 11.6 Å². The summed E-state index contributed by atoms with van der Waals surface area (Å²) in [6.45, 7) is 0. The van der Waals surface area contributed by atoms with Crippen LogP contribution in [0.1, 0.15) is 16.8 Å². The molecule has 1 unspecified atom stereocenters. The van der Waals surface area contributed by atoms with E-state index in [0.717, 1.165) is 23.9 Å². The number of thioether (sulfide) groups is 1. The average Bonchev–Trinajstić information content (AvgIpc) is 2.51. The molecular weight excluding hydrogens is 369 g/mol. The Morgan fingerprint density at radius 1 is 1.44 bits per heavy atom. The average molecular weight is 382 g/mol. The van der Waals surface area contributed by atoms with Crippen molar-refractivity contribution < 1.29 is 37.5 Å². The maximum absolute atomic E-state index is 12.4. The van der Waals surface area contributed by atoms with E-state index in [9.17, 15) is 32.9 Å². The van der Waals surface area contributed by atoms with Gasteiger partial charge in [0, 0.05) is 0 Å². The number of nitro benzene ring substituents is 1. The van der Waals surface area contributed by atoms with Crippen molar-refractivity contribution in [2.45, 2.75) is 23.5 Å². The number of carbonyl (C=O) groups excluding carboxylic acids is 1. The minimum atomic E-state index is -4.84. The van der Waals surface area contributed by atoms with Crippen LogP contribution in [0.2, 0.25) is 0 Å². The first-order valence-electron chi connectivity index (χ1n) is 6.51. The van der Waals surface area contributed by atoms with Gasteiger partial charge in [0.15, 0.2) is 0 Å². The van der Waals surface area contributed by atoms with Gasteiger partial charge in [0.2, 0.25) is 0 Å². The highest BCUT2D eigenvalue weighted by atomic mass is 32.2. The van der Waals surface area contributed by atoms with Crippen molar-refractivity contribution >= 4 is 29.3 Å². The first-order chi connectivity index (χ1) is 11.5. The van der Waals surface area contributed by atoms with E-state index in [4.69, 9.17) is 9.84 Å². The van der Waals surface area contributed by atoms with Gasteiger partial charge in [-0.1, -0.05) is 0 Å². The molecule has 0 aliphatic rings. The molecule has 0 saturated carbocycles. The summed E-state index contributed by atoms with van der Waals surface area (Å²) in [6, 6.07) is -0.268. The van der Waals surface area contributed by atoms with Gasteiger partial charge in [0.1, 0.15) is 17.4 Å². The lowest BCUT2D eigenvalue weighted by Crippen LogP contribution is -2.43. The van der Waals surface area contributed by atoms with E-state index < -0.39 is 46.7 Å². The third-order valence-corrected chi connectivity index (χ3v) is 3.74. The van der Waals surface area contributed by atoms with Gasteiger partial charge < -0.3 is 15.2 Å². The summed E-state index contributed by atoms with van der Waals surface area (Å²) in [7, 11) is 1.25. The number of ether oxygens (including phenoxy) is 1. The second-order valence-corrected chi connectivity index (χ2v) is 5.51. The molecular formula is C13H13F3N2O6S. The zero-order chi connectivity index (χ0) is 19.4. The first kappa shape index (κ1) is 20.5. The Bertz CT molecular complexity index is 695. The van der Waals surface area contributed by atoms with Gasteiger partial charge in [-0.3, -0.25) is 14.9 Å². The molecule has 1 rings (SSSR count). The summed E-state index contributed by atoms with van der Waals surface area (Å²) in [6.07, 6.45) is -5.06. The zero-order valence-electron chi connectivity index (χ0n) is 12.9. The van der Waals surface area contributed by atoms with Crippen LogP contribution in [0.3, 0.4) is 0 Å². The molecule has 1 aromatic rings. The lowest BCUT2D eigenvalue weighted by Gasteiger charge is -2.17. The number of amides is 1. The molecule has 2 N–H and O–H groups in total. The molecule has 138 valence electrons. The minimum Gasteiger partial charge on any atom is -0.495 e. The predicted octanol–water partition coefficient (Wildman–Crippen LogP) is 2.46. The van der Waals surface area contributed by atoms with Crippen molar-refractivity contribution in [3.63, 3.8) is 0 Å². The van der Waals surface area contributed by atoms with Gasteiger partial charge >= 0.3 is 12.1 Å². The van der Waals surface area contributed by atoms with E-state index in [1.54, 1.807) is 11.6 Å². The Hall–Kier alpha value is -2.50. The molecule has 0 saturated heterocycles. The number of carboxylic acid groups (broad SMARTS) is 1. The van der Waals surface area contributed by atoms with Crippen molar-refractivity contribution in [3.8, 4) is 5.75 Å². The Balaban J connectivity index is 3.26. The molecule has 0 aliphatic carbocycles. The Kier molecular flexibility index (Phi) is 6.62. The van der Waals surface area contributed by atoms with Gasteiger partial charge in [-0.2, -0.15) is 13.2 Å². The standard InChI is InChI=1S/C13H13F3N2O6S/c1-24-9-4-8(18(22)23)6(3-10(9)25-2)11(19)17-7(12(20)21)5-13(14,15)16/h3-4,7H,5H2,1-2H3,(H,17,19)(H,20,21). The van der Waals surface area contributed by atoms with E-state index in [-0.39, 0.29) is 5.75 Å². The quantitative estimate of drug-likeness (QED) is 0.422. The number of carbonyl (C=O) groups is 2. The van der Waals surface area contributed by atoms with E-state index in [1.807, 2.05) is 0 Å². The summed E-state index contributed by atoms with van der Waals surface area (Å²) in [5.41, 5.74) is -1.29. The third kappa shape index (κ3) is 5.52. The number of nitrogens with one attached hydrogen (secondary N) is 1. The van der Waals surface area contributed by atoms with Gasteiger partial charge in [-0.05, 0) is 12.3 Å².